The van der Waals surface area contributed by atoms with Gasteiger partial charge in [0, 0.05) is 11.9 Å². The monoisotopic (exact) mass is 201 g/mol. The molecular weight excluding hydrogens is 190 g/mol. The highest BCUT2D eigenvalue weighted by Crippen LogP contribution is 2.09. The molecule has 0 atom stereocenters. The van der Waals surface area contributed by atoms with Gasteiger partial charge in [0.25, 0.3) is 5.91 Å². The molecule has 4 heteroatoms. The lowest BCUT2D eigenvalue weighted by Gasteiger charge is -2.02. The number of carbonyl (C=O) groups excluding carboxylic acids is 1. The SMILES string of the molecule is Cc1c[nH]nc1C(=O)Nc1ccccc1. The Balaban J connectivity index is 2.15. The van der Waals surface area contributed by atoms with Gasteiger partial charge in [0.05, 0.1) is 0 Å². The highest BCUT2D eigenvalue weighted by Gasteiger charge is 2.11. The zero-order valence-electron chi connectivity index (χ0n) is 8.32. The Bertz CT molecular complexity index is 462. The molecule has 2 aromatic rings. The first-order valence-electron chi connectivity index (χ1n) is 4.64. The van der Waals surface area contributed by atoms with Crippen molar-refractivity contribution in [2.75, 3.05) is 5.32 Å². The molecule has 0 fully saturated rings. The van der Waals surface area contributed by atoms with Crippen LogP contribution in [0.3, 0.4) is 0 Å². The lowest BCUT2D eigenvalue weighted by molar-refractivity contribution is 0.102. The second-order valence-electron chi connectivity index (χ2n) is 3.24. The number of hydrogen-bond acceptors (Lipinski definition) is 2. The van der Waals surface area contributed by atoms with Gasteiger partial charge in [-0.2, -0.15) is 5.10 Å². The number of aryl methyl sites for hydroxylation is 1. The number of aromatic amines is 1. The van der Waals surface area contributed by atoms with Gasteiger partial charge in [0.15, 0.2) is 5.69 Å². The minimum absolute atomic E-state index is 0.194. The number of rotatable bonds is 2. The third-order valence-electron chi connectivity index (χ3n) is 2.08. The molecule has 1 aromatic carbocycles. The van der Waals surface area contributed by atoms with Gasteiger partial charge < -0.3 is 5.32 Å². The van der Waals surface area contributed by atoms with Gasteiger partial charge in [-0.3, -0.25) is 9.89 Å². The first-order chi connectivity index (χ1) is 7.27. The molecule has 0 aliphatic carbocycles. The first kappa shape index (κ1) is 9.45. The van der Waals surface area contributed by atoms with E-state index in [4.69, 9.17) is 0 Å². The summed E-state index contributed by atoms with van der Waals surface area (Å²) in [6, 6.07) is 9.30. The van der Waals surface area contributed by atoms with Crippen LogP contribution in [-0.2, 0) is 0 Å². The Morgan fingerprint density at radius 1 is 1.33 bits per heavy atom. The average Bonchev–Trinajstić information content (AvgIpc) is 2.66. The summed E-state index contributed by atoms with van der Waals surface area (Å²) in [7, 11) is 0. The molecule has 0 bridgehead atoms. The van der Waals surface area contributed by atoms with Crippen LogP contribution in [0.15, 0.2) is 36.5 Å². The second kappa shape index (κ2) is 3.96. The first-order valence-corrected chi connectivity index (χ1v) is 4.64. The maximum atomic E-state index is 11.7. The molecule has 0 saturated heterocycles. The Kier molecular flexibility index (Phi) is 2.49. The molecule has 1 amide bonds. The van der Waals surface area contributed by atoms with Crippen molar-refractivity contribution < 1.29 is 4.79 Å². The maximum Gasteiger partial charge on any atom is 0.276 e. The van der Waals surface area contributed by atoms with E-state index in [1.54, 1.807) is 6.20 Å². The summed E-state index contributed by atoms with van der Waals surface area (Å²) in [5.41, 5.74) is 2.03. The van der Waals surface area contributed by atoms with Crippen molar-refractivity contribution in [3.05, 3.63) is 47.8 Å². The molecule has 76 valence electrons. The van der Waals surface area contributed by atoms with Gasteiger partial charge in [-0.1, -0.05) is 18.2 Å². The zero-order valence-corrected chi connectivity index (χ0v) is 8.32. The number of aromatic nitrogens is 2. The molecular formula is C11H11N3O. The lowest BCUT2D eigenvalue weighted by atomic mass is 10.2. The molecule has 0 saturated carbocycles. The van der Waals surface area contributed by atoms with E-state index in [9.17, 15) is 4.79 Å². The third kappa shape index (κ3) is 2.04. The fourth-order valence-corrected chi connectivity index (χ4v) is 1.29. The average molecular weight is 201 g/mol. The van der Waals surface area contributed by atoms with Crippen LogP contribution in [0.1, 0.15) is 16.1 Å². The third-order valence-corrected chi connectivity index (χ3v) is 2.08. The largest absolute Gasteiger partial charge is 0.321 e. The fraction of sp³-hybridized carbons (Fsp3) is 0.0909. The number of nitrogens with one attached hydrogen (secondary N) is 2. The highest BCUT2D eigenvalue weighted by atomic mass is 16.1. The van der Waals surface area contributed by atoms with Gasteiger partial charge in [0.2, 0.25) is 0 Å². The summed E-state index contributed by atoms with van der Waals surface area (Å²) in [6.45, 7) is 1.84. The predicted octanol–water partition coefficient (Wildman–Crippen LogP) is 1.97. The molecule has 2 rings (SSSR count). The molecule has 1 heterocycles. The van der Waals surface area contributed by atoms with Crippen LogP contribution >= 0.6 is 0 Å². The molecule has 1 aromatic heterocycles. The van der Waals surface area contributed by atoms with Crippen LogP contribution in [0.4, 0.5) is 5.69 Å². The topological polar surface area (TPSA) is 57.8 Å². The van der Waals surface area contributed by atoms with Crippen LogP contribution in [0.2, 0.25) is 0 Å². The molecule has 15 heavy (non-hydrogen) atoms. The van der Waals surface area contributed by atoms with Crippen LogP contribution in [0, 0.1) is 6.92 Å². The lowest BCUT2D eigenvalue weighted by Crippen LogP contribution is -2.13. The Labute approximate surface area is 87.3 Å². The molecule has 0 aliphatic rings. The van der Waals surface area contributed by atoms with Crippen molar-refractivity contribution in [2.45, 2.75) is 6.92 Å². The van der Waals surface area contributed by atoms with E-state index in [1.165, 1.54) is 0 Å². The number of H-pyrrole nitrogens is 1. The van der Waals surface area contributed by atoms with Gasteiger partial charge in [-0.25, -0.2) is 0 Å². The number of carbonyl (C=O) groups is 1. The van der Waals surface area contributed by atoms with E-state index in [1.807, 2.05) is 37.3 Å². The van der Waals surface area contributed by atoms with E-state index < -0.39 is 0 Å². The van der Waals surface area contributed by atoms with Gasteiger partial charge in [0.1, 0.15) is 0 Å². The number of benzene rings is 1. The summed E-state index contributed by atoms with van der Waals surface area (Å²) in [6.07, 6.45) is 1.69. The molecule has 0 radical (unpaired) electrons. The van der Waals surface area contributed by atoms with Crippen molar-refractivity contribution in [3.8, 4) is 0 Å². The van der Waals surface area contributed by atoms with Crippen LogP contribution in [0.25, 0.3) is 0 Å². The van der Waals surface area contributed by atoms with Crippen molar-refractivity contribution >= 4 is 11.6 Å². The maximum absolute atomic E-state index is 11.7. The van der Waals surface area contributed by atoms with E-state index in [-0.39, 0.29) is 5.91 Å². The number of nitrogens with zero attached hydrogens (tertiary/aromatic N) is 1. The quantitative estimate of drug-likeness (QED) is 0.780. The molecule has 2 N–H and O–H groups in total. The summed E-state index contributed by atoms with van der Waals surface area (Å²) in [5, 5.41) is 9.29. The number of para-hydroxylation sites is 1. The van der Waals surface area contributed by atoms with Gasteiger partial charge >= 0.3 is 0 Å². The van der Waals surface area contributed by atoms with E-state index in [2.05, 4.69) is 15.5 Å². The summed E-state index contributed by atoms with van der Waals surface area (Å²) in [5.74, 6) is -0.194. The Morgan fingerprint density at radius 2 is 2.07 bits per heavy atom. The Morgan fingerprint density at radius 3 is 2.67 bits per heavy atom. The van der Waals surface area contributed by atoms with E-state index in [0.717, 1.165) is 11.3 Å². The number of anilines is 1. The Hall–Kier alpha value is -2.10. The molecule has 4 nitrogen and oxygen atoms in total. The smallest absolute Gasteiger partial charge is 0.276 e. The summed E-state index contributed by atoms with van der Waals surface area (Å²) in [4.78, 5) is 11.7. The predicted molar refractivity (Wildman–Crippen MR) is 57.7 cm³/mol. The van der Waals surface area contributed by atoms with E-state index >= 15 is 0 Å². The minimum Gasteiger partial charge on any atom is -0.321 e. The normalized spacial score (nSPS) is 9.93. The summed E-state index contributed by atoms with van der Waals surface area (Å²) >= 11 is 0. The molecule has 0 aliphatic heterocycles. The van der Waals surface area contributed by atoms with E-state index in [0.29, 0.717) is 5.69 Å². The molecule has 0 unspecified atom stereocenters. The van der Waals surface area contributed by atoms with Gasteiger partial charge in [-0.05, 0) is 24.6 Å². The minimum atomic E-state index is -0.194. The van der Waals surface area contributed by atoms with Crippen molar-refractivity contribution in [2.24, 2.45) is 0 Å². The fourth-order valence-electron chi connectivity index (χ4n) is 1.29. The molecule has 0 spiro atoms. The second-order valence-corrected chi connectivity index (χ2v) is 3.24. The number of hydrogen-bond donors (Lipinski definition) is 2. The standard InChI is InChI=1S/C11H11N3O/c1-8-7-12-14-10(8)11(15)13-9-5-3-2-4-6-9/h2-7H,1H3,(H,12,14)(H,13,15). The number of amides is 1. The van der Waals surface area contributed by atoms with Gasteiger partial charge in [-0.15, -0.1) is 0 Å². The zero-order chi connectivity index (χ0) is 10.7. The van der Waals surface area contributed by atoms with Crippen molar-refractivity contribution in [1.82, 2.24) is 10.2 Å². The van der Waals surface area contributed by atoms with Crippen LogP contribution < -0.4 is 5.32 Å². The van der Waals surface area contributed by atoms with Crippen molar-refractivity contribution in [1.29, 1.82) is 0 Å². The highest BCUT2D eigenvalue weighted by molar-refractivity contribution is 6.03. The summed E-state index contributed by atoms with van der Waals surface area (Å²) < 4.78 is 0. The van der Waals surface area contributed by atoms with Crippen LogP contribution in [0.5, 0.6) is 0 Å². The van der Waals surface area contributed by atoms with Crippen LogP contribution in [-0.4, -0.2) is 16.1 Å². The van der Waals surface area contributed by atoms with Crippen molar-refractivity contribution in [3.63, 3.8) is 0 Å².